The molecule has 0 aliphatic carbocycles. The van der Waals surface area contributed by atoms with Crippen molar-refractivity contribution in [3.05, 3.63) is 82.8 Å². The van der Waals surface area contributed by atoms with Crippen molar-refractivity contribution in [1.82, 2.24) is 4.90 Å². The van der Waals surface area contributed by atoms with Gasteiger partial charge in [-0.25, -0.2) is 0 Å². The number of hydrogen-bond acceptors (Lipinski definition) is 4. The lowest BCUT2D eigenvalue weighted by atomic mass is 10.0. The van der Waals surface area contributed by atoms with Crippen LogP contribution < -0.4 is 10.2 Å². The van der Waals surface area contributed by atoms with Crippen LogP contribution in [-0.4, -0.2) is 36.9 Å². The second-order valence-corrected chi connectivity index (χ2v) is 8.97. The third-order valence-electron chi connectivity index (χ3n) is 5.73. The second kappa shape index (κ2) is 10.6. The van der Waals surface area contributed by atoms with Gasteiger partial charge in [-0.1, -0.05) is 37.6 Å². The van der Waals surface area contributed by atoms with Crippen LogP contribution in [0, 0.1) is 5.92 Å². The van der Waals surface area contributed by atoms with Gasteiger partial charge in [0.25, 0.3) is 11.8 Å². The summed E-state index contributed by atoms with van der Waals surface area (Å²) in [6.45, 7) is 6.56. The van der Waals surface area contributed by atoms with E-state index in [0.717, 1.165) is 11.3 Å². The molecule has 2 aromatic carbocycles. The van der Waals surface area contributed by atoms with Crippen molar-refractivity contribution in [2.45, 2.75) is 33.4 Å². The molecule has 0 aliphatic rings. The number of halogens is 1. The minimum atomic E-state index is -0.289. The number of benzene rings is 2. The van der Waals surface area contributed by atoms with Gasteiger partial charge in [-0.15, -0.1) is 0 Å². The van der Waals surface area contributed by atoms with Crippen LogP contribution in [0.3, 0.4) is 0 Å². The highest BCUT2D eigenvalue weighted by molar-refractivity contribution is 6.34. The molecular weight excluding hydrogens is 438 g/mol. The first-order valence-electron chi connectivity index (χ1n) is 10.9. The summed E-state index contributed by atoms with van der Waals surface area (Å²) >= 11 is 6.18. The van der Waals surface area contributed by atoms with E-state index in [1.807, 2.05) is 49.0 Å². The SMILES string of the molecule is CC(C)[C@@H](C)N(Cc1cc(NC(=O)c2ccccc2Cl)ccc1N(C)C)C(=O)c1ccco1. The van der Waals surface area contributed by atoms with Gasteiger partial charge in [0.1, 0.15) is 0 Å². The molecular formula is C26H30ClN3O3. The molecule has 0 saturated carbocycles. The fourth-order valence-corrected chi connectivity index (χ4v) is 3.78. The zero-order valence-electron chi connectivity index (χ0n) is 19.6. The second-order valence-electron chi connectivity index (χ2n) is 8.57. The molecule has 1 heterocycles. The van der Waals surface area contributed by atoms with Crippen LogP contribution in [0.15, 0.2) is 65.3 Å². The molecule has 0 bridgehead atoms. The zero-order chi connectivity index (χ0) is 24.1. The predicted molar refractivity (Wildman–Crippen MR) is 133 cm³/mol. The third-order valence-corrected chi connectivity index (χ3v) is 6.06. The minimum Gasteiger partial charge on any atom is -0.459 e. The number of carbonyl (C=O) groups excluding carboxylic acids is 2. The number of nitrogens with zero attached hydrogens (tertiary/aromatic N) is 2. The van der Waals surface area contributed by atoms with Gasteiger partial charge in [0, 0.05) is 38.1 Å². The Balaban J connectivity index is 1.94. The smallest absolute Gasteiger partial charge is 0.290 e. The van der Waals surface area contributed by atoms with E-state index in [2.05, 4.69) is 19.2 Å². The fraction of sp³-hybridized carbons (Fsp3) is 0.308. The van der Waals surface area contributed by atoms with E-state index >= 15 is 0 Å². The van der Waals surface area contributed by atoms with Gasteiger partial charge >= 0.3 is 0 Å². The average molecular weight is 468 g/mol. The Kier molecular flexibility index (Phi) is 7.82. The third kappa shape index (κ3) is 5.76. The van der Waals surface area contributed by atoms with Gasteiger partial charge in [0.05, 0.1) is 16.8 Å². The van der Waals surface area contributed by atoms with Crippen molar-refractivity contribution in [3.8, 4) is 0 Å². The van der Waals surface area contributed by atoms with Crippen molar-refractivity contribution in [2.24, 2.45) is 5.92 Å². The van der Waals surface area contributed by atoms with Crippen molar-refractivity contribution >= 4 is 34.8 Å². The Morgan fingerprint density at radius 3 is 2.36 bits per heavy atom. The Morgan fingerprint density at radius 2 is 1.76 bits per heavy atom. The molecule has 0 spiro atoms. The van der Waals surface area contributed by atoms with Crippen molar-refractivity contribution < 1.29 is 14.0 Å². The Bertz CT molecular complexity index is 1110. The van der Waals surface area contributed by atoms with Gasteiger partial charge in [-0.05, 0) is 60.9 Å². The maximum atomic E-state index is 13.3. The highest BCUT2D eigenvalue weighted by atomic mass is 35.5. The molecule has 0 fully saturated rings. The van der Waals surface area contributed by atoms with Crippen LogP contribution in [0.4, 0.5) is 11.4 Å². The van der Waals surface area contributed by atoms with Crippen LogP contribution in [0.5, 0.6) is 0 Å². The predicted octanol–water partition coefficient (Wildman–Crippen LogP) is 5.94. The first-order chi connectivity index (χ1) is 15.7. The number of rotatable bonds is 8. The quantitative estimate of drug-likeness (QED) is 0.445. The zero-order valence-corrected chi connectivity index (χ0v) is 20.4. The van der Waals surface area contributed by atoms with Crippen LogP contribution in [0.2, 0.25) is 5.02 Å². The van der Waals surface area contributed by atoms with E-state index in [-0.39, 0.29) is 23.8 Å². The molecule has 33 heavy (non-hydrogen) atoms. The van der Waals surface area contributed by atoms with E-state index < -0.39 is 0 Å². The van der Waals surface area contributed by atoms with E-state index in [9.17, 15) is 9.59 Å². The van der Waals surface area contributed by atoms with E-state index in [1.165, 1.54) is 6.26 Å². The monoisotopic (exact) mass is 467 g/mol. The number of nitrogens with one attached hydrogen (secondary N) is 1. The Labute approximate surface area is 200 Å². The lowest BCUT2D eigenvalue weighted by Crippen LogP contribution is -2.41. The van der Waals surface area contributed by atoms with Crippen molar-refractivity contribution in [3.63, 3.8) is 0 Å². The van der Waals surface area contributed by atoms with Gasteiger partial charge in [-0.3, -0.25) is 9.59 Å². The van der Waals surface area contributed by atoms with Crippen LogP contribution in [-0.2, 0) is 6.54 Å². The lowest BCUT2D eigenvalue weighted by molar-refractivity contribution is 0.0595. The molecule has 0 aliphatic heterocycles. The molecule has 0 saturated heterocycles. The van der Waals surface area contributed by atoms with Gasteiger partial charge < -0.3 is 19.5 Å². The normalized spacial score (nSPS) is 11.8. The summed E-state index contributed by atoms with van der Waals surface area (Å²) < 4.78 is 5.39. The molecule has 0 unspecified atom stereocenters. The summed E-state index contributed by atoms with van der Waals surface area (Å²) in [5.41, 5.74) is 2.90. The van der Waals surface area contributed by atoms with Crippen molar-refractivity contribution in [1.29, 1.82) is 0 Å². The number of hydrogen-bond donors (Lipinski definition) is 1. The summed E-state index contributed by atoms with van der Waals surface area (Å²) in [4.78, 5) is 29.8. The molecule has 2 amide bonds. The molecule has 3 aromatic rings. The minimum absolute atomic E-state index is 0.0287. The maximum Gasteiger partial charge on any atom is 0.290 e. The molecule has 3 rings (SSSR count). The number of furan rings is 1. The van der Waals surface area contributed by atoms with Crippen LogP contribution in [0.25, 0.3) is 0 Å². The molecule has 6 nitrogen and oxygen atoms in total. The van der Waals surface area contributed by atoms with Gasteiger partial charge in [0.15, 0.2) is 5.76 Å². The fourth-order valence-electron chi connectivity index (χ4n) is 3.56. The van der Waals surface area contributed by atoms with E-state index in [1.54, 1.807) is 36.4 Å². The molecule has 1 atom stereocenters. The van der Waals surface area contributed by atoms with Crippen molar-refractivity contribution in [2.75, 3.05) is 24.3 Å². The number of amides is 2. The van der Waals surface area contributed by atoms with Gasteiger partial charge in [-0.2, -0.15) is 0 Å². The highest BCUT2D eigenvalue weighted by Crippen LogP contribution is 2.28. The summed E-state index contributed by atoms with van der Waals surface area (Å²) in [7, 11) is 3.90. The Hall–Kier alpha value is -3.25. The summed E-state index contributed by atoms with van der Waals surface area (Å²) in [6, 6.07) is 16.0. The molecule has 0 radical (unpaired) electrons. The molecule has 7 heteroatoms. The van der Waals surface area contributed by atoms with Gasteiger partial charge in [0.2, 0.25) is 0 Å². The highest BCUT2D eigenvalue weighted by Gasteiger charge is 2.27. The van der Waals surface area contributed by atoms with Crippen LogP contribution >= 0.6 is 11.6 Å². The molecule has 1 aromatic heterocycles. The maximum absolute atomic E-state index is 13.3. The van der Waals surface area contributed by atoms with E-state index in [0.29, 0.717) is 28.6 Å². The molecule has 174 valence electrons. The largest absolute Gasteiger partial charge is 0.459 e. The summed E-state index contributed by atoms with van der Waals surface area (Å²) in [6.07, 6.45) is 1.50. The number of carbonyl (C=O) groups is 2. The summed E-state index contributed by atoms with van der Waals surface area (Å²) in [5.74, 6) is 0.0894. The topological polar surface area (TPSA) is 65.8 Å². The Morgan fingerprint density at radius 1 is 1.03 bits per heavy atom. The van der Waals surface area contributed by atoms with Crippen LogP contribution in [0.1, 0.15) is 47.2 Å². The molecule has 1 N–H and O–H groups in total. The first kappa shape index (κ1) is 24.4. The summed E-state index contributed by atoms with van der Waals surface area (Å²) in [5, 5.41) is 3.31. The standard InChI is InChI=1S/C26H30ClN3O3/c1-17(2)18(3)30(26(32)24-11-8-14-33-24)16-19-15-20(12-13-23(19)29(4)5)28-25(31)21-9-6-7-10-22(21)27/h6-15,17-18H,16H2,1-5H3,(H,28,31)/t18-/m1/s1. The average Bonchev–Trinajstić information content (AvgIpc) is 3.31. The first-order valence-corrected chi connectivity index (χ1v) is 11.3. The number of anilines is 2. The van der Waals surface area contributed by atoms with E-state index in [4.69, 9.17) is 16.0 Å². The lowest BCUT2D eigenvalue weighted by Gasteiger charge is -2.32.